The Balaban J connectivity index is 1.58. The first-order valence-electron chi connectivity index (χ1n) is 8.75. The second-order valence-corrected chi connectivity index (χ2v) is 7.91. The number of hydrogen-bond acceptors (Lipinski definition) is 4. The second-order valence-electron chi connectivity index (χ2n) is 6.23. The zero-order chi connectivity index (χ0) is 19.4. The molecule has 0 bridgehead atoms. The Kier molecular flexibility index (Phi) is 6.29. The predicted octanol–water partition coefficient (Wildman–Crippen LogP) is 4.42. The van der Waals surface area contributed by atoms with Crippen molar-refractivity contribution in [1.82, 2.24) is 5.32 Å². The van der Waals surface area contributed by atoms with Crippen molar-refractivity contribution in [3.05, 3.63) is 53.1 Å². The van der Waals surface area contributed by atoms with Crippen LogP contribution in [0.5, 0.6) is 5.75 Å². The molecule has 1 aliphatic rings. The molecule has 2 aromatic carbocycles. The lowest BCUT2D eigenvalue weighted by atomic mass is 10.1. The molecule has 0 unspecified atom stereocenters. The van der Waals surface area contributed by atoms with Crippen LogP contribution in [0.1, 0.15) is 31.9 Å². The van der Waals surface area contributed by atoms with Crippen molar-refractivity contribution < 1.29 is 14.3 Å². The van der Waals surface area contributed by atoms with Gasteiger partial charge in [0.1, 0.15) is 5.75 Å². The maximum absolute atomic E-state index is 12.4. The topological polar surface area (TPSA) is 67.4 Å². The van der Waals surface area contributed by atoms with E-state index in [2.05, 4.69) is 10.6 Å². The first-order chi connectivity index (χ1) is 13.0. The van der Waals surface area contributed by atoms with E-state index in [0.717, 1.165) is 16.2 Å². The summed E-state index contributed by atoms with van der Waals surface area (Å²) < 4.78 is 5.43. The molecule has 3 rings (SSSR count). The highest BCUT2D eigenvalue weighted by Crippen LogP contribution is 2.38. The highest BCUT2D eigenvalue weighted by Gasteiger charge is 2.29. The third-order valence-electron chi connectivity index (χ3n) is 4.20. The Morgan fingerprint density at radius 2 is 2.04 bits per heavy atom. The van der Waals surface area contributed by atoms with E-state index in [-0.39, 0.29) is 24.3 Å². The van der Waals surface area contributed by atoms with Crippen LogP contribution in [0.15, 0.2) is 47.4 Å². The minimum absolute atomic E-state index is 0.111. The molecular weight excluding hydrogens is 384 g/mol. The number of carbonyl (C=O) groups is 2. The van der Waals surface area contributed by atoms with E-state index in [4.69, 9.17) is 16.3 Å². The highest BCUT2D eigenvalue weighted by atomic mass is 35.5. The van der Waals surface area contributed by atoms with Crippen molar-refractivity contribution in [2.75, 3.05) is 11.9 Å². The van der Waals surface area contributed by atoms with E-state index in [1.165, 1.54) is 11.8 Å². The Hall–Kier alpha value is -2.18. The van der Waals surface area contributed by atoms with Crippen molar-refractivity contribution >= 4 is 40.9 Å². The van der Waals surface area contributed by atoms with Crippen LogP contribution < -0.4 is 15.4 Å². The molecule has 5 nitrogen and oxygen atoms in total. The van der Waals surface area contributed by atoms with Gasteiger partial charge in [0.15, 0.2) is 0 Å². The van der Waals surface area contributed by atoms with Gasteiger partial charge >= 0.3 is 0 Å². The molecule has 1 heterocycles. The SMILES string of the molecule is CCOc1ccc([C@@H](C)NC(=O)C[C@@H]2Sc3ccc(Cl)cc3NC2=O)cc1. The van der Waals surface area contributed by atoms with Gasteiger partial charge in [-0.05, 0) is 49.7 Å². The third kappa shape index (κ3) is 4.96. The largest absolute Gasteiger partial charge is 0.494 e. The third-order valence-corrected chi connectivity index (χ3v) is 5.71. The van der Waals surface area contributed by atoms with Crippen molar-refractivity contribution in [1.29, 1.82) is 0 Å². The van der Waals surface area contributed by atoms with Crippen LogP contribution in [-0.4, -0.2) is 23.7 Å². The lowest BCUT2D eigenvalue weighted by Crippen LogP contribution is -2.35. The Morgan fingerprint density at radius 3 is 2.74 bits per heavy atom. The van der Waals surface area contributed by atoms with Gasteiger partial charge in [0.2, 0.25) is 11.8 Å². The number of hydrogen-bond donors (Lipinski definition) is 2. The van der Waals surface area contributed by atoms with Gasteiger partial charge in [-0.25, -0.2) is 0 Å². The van der Waals surface area contributed by atoms with Gasteiger partial charge in [-0.2, -0.15) is 0 Å². The molecule has 27 heavy (non-hydrogen) atoms. The molecular formula is C20H21ClN2O3S. The molecule has 0 saturated heterocycles. The summed E-state index contributed by atoms with van der Waals surface area (Å²) in [7, 11) is 0. The van der Waals surface area contributed by atoms with E-state index in [1.54, 1.807) is 12.1 Å². The smallest absolute Gasteiger partial charge is 0.238 e. The fourth-order valence-electron chi connectivity index (χ4n) is 2.83. The number of anilines is 1. The number of halogens is 1. The van der Waals surface area contributed by atoms with Crippen molar-refractivity contribution in [3.63, 3.8) is 0 Å². The van der Waals surface area contributed by atoms with E-state index < -0.39 is 5.25 Å². The molecule has 0 spiro atoms. The summed E-state index contributed by atoms with van der Waals surface area (Å²) in [6.07, 6.45) is 0.111. The van der Waals surface area contributed by atoms with Crippen molar-refractivity contribution in [3.8, 4) is 5.75 Å². The number of ether oxygens (including phenoxy) is 1. The zero-order valence-corrected chi connectivity index (χ0v) is 16.7. The second kappa shape index (κ2) is 8.67. The van der Waals surface area contributed by atoms with Crippen LogP contribution in [0.25, 0.3) is 0 Å². The molecule has 7 heteroatoms. The average Bonchev–Trinajstić information content (AvgIpc) is 2.63. The normalized spacial score (nSPS) is 16.9. The quantitative estimate of drug-likeness (QED) is 0.747. The van der Waals surface area contributed by atoms with Crippen LogP contribution in [-0.2, 0) is 9.59 Å². The number of fused-ring (bicyclic) bond motifs is 1. The fourth-order valence-corrected chi connectivity index (χ4v) is 4.09. The summed E-state index contributed by atoms with van der Waals surface area (Å²) >= 11 is 7.34. The molecule has 0 radical (unpaired) electrons. The molecule has 0 fully saturated rings. The molecule has 0 aromatic heterocycles. The zero-order valence-electron chi connectivity index (χ0n) is 15.1. The highest BCUT2D eigenvalue weighted by molar-refractivity contribution is 8.01. The van der Waals surface area contributed by atoms with Crippen LogP contribution in [0, 0.1) is 0 Å². The van der Waals surface area contributed by atoms with Crippen LogP contribution in [0.3, 0.4) is 0 Å². The van der Waals surface area contributed by atoms with E-state index in [1.807, 2.05) is 44.2 Å². The van der Waals surface area contributed by atoms with Gasteiger partial charge in [0.05, 0.1) is 23.6 Å². The number of carbonyl (C=O) groups excluding carboxylic acids is 2. The number of thioether (sulfide) groups is 1. The molecule has 2 atom stereocenters. The number of nitrogens with one attached hydrogen (secondary N) is 2. The summed E-state index contributed by atoms with van der Waals surface area (Å²) in [5.74, 6) is 0.453. The summed E-state index contributed by atoms with van der Waals surface area (Å²) in [5.41, 5.74) is 1.67. The molecule has 2 aromatic rings. The maximum Gasteiger partial charge on any atom is 0.238 e. The number of rotatable bonds is 6. The van der Waals surface area contributed by atoms with E-state index in [9.17, 15) is 9.59 Å². The average molecular weight is 405 g/mol. The predicted molar refractivity (Wildman–Crippen MR) is 109 cm³/mol. The minimum Gasteiger partial charge on any atom is -0.494 e. The van der Waals surface area contributed by atoms with Crippen LogP contribution in [0.2, 0.25) is 5.02 Å². The fraction of sp³-hybridized carbons (Fsp3) is 0.300. The van der Waals surface area contributed by atoms with Gasteiger partial charge < -0.3 is 15.4 Å². The molecule has 142 valence electrons. The summed E-state index contributed by atoms with van der Waals surface area (Å²) in [6.45, 7) is 4.46. The van der Waals surface area contributed by atoms with Crippen molar-refractivity contribution in [2.45, 2.75) is 36.5 Å². The molecule has 2 N–H and O–H groups in total. The molecule has 0 aliphatic carbocycles. The van der Waals surface area contributed by atoms with Gasteiger partial charge in [-0.1, -0.05) is 23.7 Å². The van der Waals surface area contributed by atoms with E-state index >= 15 is 0 Å². The Bertz CT molecular complexity index is 842. The first-order valence-corrected chi connectivity index (χ1v) is 10.0. The molecule has 0 saturated carbocycles. The van der Waals surface area contributed by atoms with Gasteiger partial charge in [-0.15, -0.1) is 11.8 Å². The summed E-state index contributed by atoms with van der Waals surface area (Å²) in [4.78, 5) is 25.6. The maximum atomic E-state index is 12.4. The lowest BCUT2D eigenvalue weighted by Gasteiger charge is -2.24. The number of amides is 2. The number of benzene rings is 2. The van der Waals surface area contributed by atoms with Gasteiger partial charge in [0.25, 0.3) is 0 Å². The summed E-state index contributed by atoms with van der Waals surface area (Å²) in [6, 6.07) is 12.8. The molecule has 1 aliphatic heterocycles. The Morgan fingerprint density at radius 1 is 1.30 bits per heavy atom. The van der Waals surface area contributed by atoms with Crippen molar-refractivity contribution in [2.24, 2.45) is 0 Å². The van der Waals surface area contributed by atoms with E-state index in [0.29, 0.717) is 17.3 Å². The van der Waals surface area contributed by atoms with Gasteiger partial charge in [-0.3, -0.25) is 9.59 Å². The monoisotopic (exact) mass is 404 g/mol. The van der Waals surface area contributed by atoms with Gasteiger partial charge in [0, 0.05) is 16.3 Å². The lowest BCUT2D eigenvalue weighted by molar-refractivity contribution is -0.124. The first kappa shape index (κ1) is 19.6. The Labute approximate surface area is 167 Å². The standard InChI is InChI=1S/C20H21ClN2O3S/c1-3-26-15-7-4-13(5-8-15)12(2)22-19(24)11-18-20(25)23-16-10-14(21)6-9-17(16)27-18/h4-10,12,18H,3,11H2,1-2H3,(H,22,24)(H,23,25)/t12-,18+/m1/s1. The van der Waals surface area contributed by atoms with Crippen LogP contribution in [0.4, 0.5) is 5.69 Å². The molecule has 2 amide bonds. The minimum atomic E-state index is -0.466. The van der Waals surface area contributed by atoms with Crippen LogP contribution >= 0.6 is 23.4 Å². The summed E-state index contributed by atoms with van der Waals surface area (Å²) in [5, 5.41) is 5.87.